The smallest absolute Gasteiger partial charge is 0.0762 e. The van der Waals surface area contributed by atoms with Crippen LogP contribution in [-0.4, -0.2) is 43.8 Å². The molecule has 1 aromatic carbocycles. The topological polar surface area (TPSA) is 20.6 Å². The highest BCUT2D eigenvalue weighted by Crippen LogP contribution is 2.19. The number of rotatable bonds is 2. The molecule has 0 bridgehead atoms. The number of nitrogens with zero attached hydrogens (tertiary/aromatic N) is 3. The van der Waals surface area contributed by atoms with Gasteiger partial charge in [-0.15, -0.1) is 0 Å². The fourth-order valence-corrected chi connectivity index (χ4v) is 2.99. The molecule has 0 spiro atoms. The minimum atomic E-state index is 0.511. The molecule has 1 radical (unpaired) electrons. The lowest BCUT2D eigenvalue weighted by molar-refractivity contribution is 0.127. The lowest BCUT2D eigenvalue weighted by Gasteiger charge is -2.41. The highest BCUT2D eigenvalue weighted by atomic mass is 15.3. The van der Waals surface area contributed by atoms with Crippen molar-refractivity contribution in [1.29, 1.82) is 0 Å². The molecule has 2 aliphatic rings. The third-order valence-corrected chi connectivity index (χ3v) is 4.07. The molecule has 2 fully saturated rings. The average Bonchev–Trinajstić information content (AvgIpc) is 2.49. The minimum absolute atomic E-state index is 0.511. The Morgan fingerprint density at radius 2 is 1.72 bits per heavy atom. The monoisotopic (exact) mass is 244 g/mol. The summed E-state index contributed by atoms with van der Waals surface area (Å²) in [6.07, 6.45) is 4.43. The van der Waals surface area contributed by atoms with Crippen LogP contribution in [0.15, 0.2) is 30.3 Å². The Kier molecular flexibility index (Phi) is 3.81. The second kappa shape index (κ2) is 5.72. The van der Waals surface area contributed by atoms with E-state index >= 15 is 0 Å². The number of piperidine rings is 1. The molecule has 0 amide bonds. The van der Waals surface area contributed by atoms with Crippen molar-refractivity contribution in [2.75, 3.05) is 37.6 Å². The van der Waals surface area contributed by atoms with Gasteiger partial charge >= 0.3 is 0 Å². The van der Waals surface area contributed by atoms with Crippen molar-refractivity contribution >= 4 is 5.69 Å². The van der Waals surface area contributed by atoms with Crippen molar-refractivity contribution < 1.29 is 0 Å². The van der Waals surface area contributed by atoms with Crippen LogP contribution in [0.3, 0.4) is 0 Å². The first-order valence-corrected chi connectivity index (χ1v) is 7.14. The maximum absolute atomic E-state index is 4.76. The van der Waals surface area contributed by atoms with Gasteiger partial charge in [0, 0.05) is 38.4 Å². The molecule has 0 aliphatic carbocycles. The number of hydrogen-bond acceptors (Lipinski definition) is 2. The zero-order chi connectivity index (χ0) is 12.2. The molecule has 18 heavy (non-hydrogen) atoms. The first-order chi connectivity index (χ1) is 8.93. The van der Waals surface area contributed by atoms with Crippen molar-refractivity contribution in [2.24, 2.45) is 0 Å². The van der Waals surface area contributed by atoms with Crippen LogP contribution in [0.1, 0.15) is 19.3 Å². The number of piperazine rings is 1. The van der Waals surface area contributed by atoms with Crippen molar-refractivity contribution in [3.8, 4) is 0 Å². The maximum atomic E-state index is 4.76. The third kappa shape index (κ3) is 2.68. The molecular weight excluding hydrogens is 222 g/mol. The molecule has 3 rings (SSSR count). The van der Waals surface area contributed by atoms with Gasteiger partial charge in [-0.1, -0.05) is 18.2 Å². The summed E-state index contributed by atoms with van der Waals surface area (Å²) >= 11 is 0. The number of benzene rings is 1. The second-order valence-corrected chi connectivity index (χ2v) is 5.24. The predicted octanol–water partition coefficient (Wildman–Crippen LogP) is 1.92. The van der Waals surface area contributed by atoms with E-state index in [4.69, 9.17) is 5.32 Å². The van der Waals surface area contributed by atoms with E-state index in [9.17, 15) is 0 Å². The van der Waals surface area contributed by atoms with Gasteiger partial charge in [0.2, 0.25) is 0 Å². The number of para-hydroxylation sites is 1. The van der Waals surface area contributed by atoms with Crippen LogP contribution >= 0.6 is 0 Å². The molecule has 2 aliphatic heterocycles. The van der Waals surface area contributed by atoms with Crippen LogP contribution in [-0.2, 0) is 0 Å². The third-order valence-electron chi connectivity index (χ3n) is 4.07. The van der Waals surface area contributed by atoms with Crippen LogP contribution in [0.2, 0.25) is 0 Å². The summed E-state index contributed by atoms with van der Waals surface area (Å²) < 4.78 is 0. The lowest BCUT2D eigenvalue weighted by Crippen LogP contribution is -2.54. The van der Waals surface area contributed by atoms with E-state index in [0.29, 0.717) is 6.17 Å². The molecule has 1 aromatic rings. The van der Waals surface area contributed by atoms with Crippen LogP contribution < -0.4 is 10.2 Å². The summed E-state index contributed by atoms with van der Waals surface area (Å²) in [5.41, 5.74) is 1.36. The van der Waals surface area contributed by atoms with Crippen LogP contribution in [0.4, 0.5) is 5.69 Å². The van der Waals surface area contributed by atoms with Gasteiger partial charge in [0.15, 0.2) is 0 Å². The summed E-state index contributed by atoms with van der Waals surface area (Å²) in [7, 11) is 0. The molecule has 2 saturated heterocycles. The largest absolute Gasteiger partial charge is 0.369 e. The molecule has 1 unspecified atom stereocenters. The van der Waals surface area contributed by atoms with Crippen LogP contribution in [0.5, 0.6) is 0 Å². The van der Waals surface area contributed by atoms with E-state index in [1.54, 1.807) is 0 Å². The minimum Gasteiger partial charge on any atom is -0.369 e. The quantitative estimate of drug-likeness (QED) is 0.792. The molecule has 3 heteroatoms. The van der Waals surface area contributed by atoms with Crippen molar-refractivity contribution in [3.05, 3.63) is 30.3 Å². The normalized spacial score (nSPS) is 26.2. The number of anilines is 1. The van der Waals surface area contributed by atoms with Gasteiger partial charge in [-0.2, -0.15) is 0 Å². The van der Waals surface area contributed by atoms with Gasteiger partial charge in [-0.3, -0.25) is 4.90 Å². The van der Waals surface area contributed by atoms with Gasteiger partial charge in [-0.05, 0) is 31.4 Å². The van der Waals surface area contributed by atoms with Gasteiger partial charge in [-0.25, -0.2) is 5.32 Å². The summed E-state index contributed by atoms with van der Waals surface area (Å²) in [5, 5.41) is 4.76. The highest BCUT2D eigenvalue weighted by Gasteiger charge is 2.25. The SMILES string of the molecule is c1ccc(N2CCN(C3CCCC[N]3)CC2)cc1. The molecule has 0 N–H and O–H groups in total. The van der Waals surface area contributed by atoms with E-state index in [1.807, 2.05) is 0 Å². The Hall–Kier alpha value is -1.06. The first kappa shape index (κ1) is 12.0. The van der Waals surface area contributed by atoms with Crippen molar-refractivity contribution in [1.82, 2.24) is 10.2 Å². The average molecular weight is 244 g/mol. The van der Waals surface area contributed by atoms with Gasteiger partial charge in [0.25, 0.3) is 0 Å². The van der Waals surface area contributed by atoms with E-state index in [1.165, 1.54) is 24.9 Å². The fourth-order valence-electron chi connectivity index (χ4n) is 2.99. The molecule has 3 nitrogen and oxygen atoms in total. The lowest BCUT2D eigenvalue weighted by atomic mass is 10.1. The Balaban J connectivity index is 1.54. The molecule has 2 heterocycles. The fraction of sp³-hybridized carbons (Fsp3) is 0.600. The summed E-state index contributed by atoms with van der Waals surface area (Å²) in [5.74, 6) is 0. The molecular formula is C15H22N3. The van der Waals surface area contributed by atoms with E-state index in [2.05, 4.69) is 40.1 Å². The molecule has 0 aromatic heterocycles. The van der Waals surface area contributed by atoms with E-state index in [-0.39, 0.29) is 0 Å². The highest BCUT2D eigenvalue weighted by molar-refractivity contribution is 5.46. The summed E-state index contributed by atoms with van der Waals surface area (Å²) in [6.45, 7) is 5.65. The second-order valence-electron chi connectivity index (χ2n) is 5.24. The Bertz CT molecular complexity index is 351. The summed E-state index contributed by atoms with van der Waals surface area (Å²) in [4.78, 5) is 5.05. The first-order valence-electron chi connectivity index (χ1n) is 7.14. The zero-order valence-corrected chi connectivity index (χ0v) is 11.0. The Morgan fingerprint density at radius 1 is 0.944 bits per heavy atom. The maximum Gasteiger partial charge on any atom is 0.0762 e. The Morgan fingerprint density at radius 3 is 2.39 bits per heavy atom. The molecule has 0 saturated carbocycles. The van der Waals surface area contributed by atoms with Gasteiger partial charge < -0.3 is 4.90 Å². The van der Waals surface area contributed by atoms with Crippen molar-refractivity contribution in [3.63, 3.8) is 0 Å². The van der Waals surface area contributed by atoms with Crippen molar-refractivity contribution in [2.45, 2.75) is 25.4 Å². The van der Waals surface area contributed by atoms with E-state index in [0.717, 1.165) is 32.7 Å². The van der Waals surface area contributed by atoms with E-state index < -0.39 is 0 Å². The van der Waals surface area contributed by atoms with Crippen LogP contribution in [0.25, 0.3) is 0 Å². The van der Waals surface area contributed by atoms with Gasteiger partial charge in [0.05, 0.1) is 6.17 Å². The standard InChI is InChI=1S/C15H22N3/c1-2-6-14(7-3-1)17-10-12-18(13-11-17)15-8-4-5-9-16-15/h1-3,6-7,15H,4-5,8-13H2. The number of hydrogen-bond donors (Lipinski definition) is 0. The predicted molar refractivity (Wildman–Crippen MR) is 74.9 cm³/mol. The van der Waals surface area contributed by atoms with Gasteiger partial charge in [0.1, 0.15) is 0 Å². The summed E-state index contributed by atoms with van der Waals surface area (Å²) in [6, 6.07) is 10.7. The zero-order valence-electron chi connectivity index (χ0n) is 11.0. The van der Waals surface area contributed by atoms with Crippen LogP contribution in [0, 0.1) is 0 Å². The Labute approximate surface area is 110 Å². The molecule has 1 atom stereocenters. The molecule has 97 valence electrons.